The van der Waals surface area contributed by atoms with Gasteiger partial charge in [0.05, 0.1) is 0 Å². The lowest BCUT2D eigenvalue weighted by Crippen LogP contribution is -2.51. The maximum absolute atomic E-state index is 6.35. The summed E-state index contributed by atoms with van der Waals surface area (Å²) in [6, 6.07) is 14.1. The number of hydrogen-bond donors (Lipinski definition) is 1. The fourth-order valence-corrected chi connectivity index (χ4v) is 4.11. The molecule has 0 radical (unpaired) electrons. The Morgan fingerprint density at radius 1 is 1.07 bits per heavy atom. The molecule has 0 saturated heterocycles. The van der Waals surface area contributed by atoms with E-state index in [4.69, 9.17) is 25.8 Å². The number of halogens is 1. The average Bonchev–Trinajstić information content (AvgIpc) is 2.71. The normalized spacial score (nSPS) is 19.8. The van der Waals surface area contributed by atoms with Crippen LogP contribution in [0.1, 0.15) is 64.2 Å². The molecule has 2 unspecified atom stereocenters. The minimum Gasteiger partial charge on any atom is -0.485 e. The number of hydrogen-bond acceptors (Lipinski definition) is 4. The van der Waals surface area contributed by atoms with Crippen molar-refractivity contribution in [1.29, 1.82) is 0 Å². The van der Waals surface area contributed by atoms with Crippen LogP contribution in [-0.4, -0.2) is 24.9 Å². The summed E-state index contributed by atoms with van der Waals surface area (Å²) in [5, 5.41) is 4.23. The predicted molar refractivity (Wildman–Crippen MR) is 124 cm³/mol. The number of fused-ring (bicyclic) bond motifs is 1. The zero-order chi connectivity index (χ0) is 21.6. The van der Waals surface area contributed by atoms with Crippen molar-refractivity contribution >= 4 is 17.3 Å². The highest BCUT2D eigenvalue weighted by atomic mass is 35.5. The molecule has 1 heterocycles. The van der Waals surface area contributed by atoms with Gasteiger partial charge in [-0.25, -0.2) is 0 Å². The first-order valence-corrected chi connectivity index (χ1v) is 11.4. The van der Waals surface area contributed by atoms with Crippen LogP contribution >= 0.6 is 11.6 Å². The SMILES string of the molecule is CCCCCOC1C(OCC)c2cc(NCc3cccc(Cl)c3)ccc2OC1(C)C. The maximum atomic E-state index is 6.35. The van der Waals surface area contributed by atoms with Gasteiger partial charge in [0.25, 0.3) is 0 Å². The molecule has 1 aliphatic rings. The summed E-state index contributed by atoms with van der Waals surface area (Å²) in [6.07, 6.45) is 3.07. The van der Waals surface area contributed by atoms with Crippen LogP contribution in [0.5, 0.6) is 5.75 Å². The van der Waals surface area contributed by atoms with Crippen LogP contribution in [0.15, 0.2) is 42.5 Å². The number of nitrogens with one attached hydrogen (secondary N) is 1. The molecule has 1 N–H and O–H groups in total. The third kappa shape index (κ3) is 5.69. The van der Waals surface area contributed by atoms with Crippen molar-refractivity contribution in [2.45, 2.75) is 71.3 Å². The number of rotatable bonds is 10. The molecule has 0 aliphatic carbocycles. The molecular weight excluding hydrogens is 398 g/mol. The zero-order valence-corrected chi connectivity index (χ0v) is 19.3. The van der Waals surface area contributed by atoms with E-state index in [1.54, 1.807) is 0 Å². The van der Waals surface area contributed by atoms with Crippen molar-refractivity contribution in [2.24, 2.45) is 0 Å². The number of unbranched alkanes of at least 4 members (excludes halogenated alkanes) is 2. The largest absolute Gasteiger partial charge is 0.485 e. The van der Waals surface area contributed by atoms with Crippen LogP contribution in [-0.2, 0) is 16.0 Å². The van der Waals surface area contributed by atoms with Crippen LogP contribution in [0, 0.1) is 0 Å². The Kier molecular flexibility index (Phi) is 8.04. The lowest BCUT2D eigenvalue weighted by atomic mass is 9.87. The van der Waals surface area contributed by atoms with Gasteiger partial charge in [0.15, 0.2) is 0 Å². The van der Waals surface area contributed by atoms with Crippen molar-refractivity contribution in [2.75, 3.05) is 18.5 Å². The lowest BCUT2D eigenvalue weighted by molar-refractivity contribution is -0.161. The van der Waals surface area contributed by atoms with Gasteiger partial charge in [-0.1, -0.05) is 43.5 Å². The van der Waals surface area contributed by atoms with Gasteiger partial charge in [-0.15, -0.1) is 0 Å². The summed E-state index contributed by atoms with van der Waals surface area (Å²) in [4.78, 5) is 0. The van der Waals surface area contributed by atoms with E-state index in [0.29, 0.717) is 13.2 Å². The minimum absolute atomic E-state index is 0.162. The second-order valence-electron chi connectivity index (χ2n) is 8.32. The van der Waals surface area contributed by atoms with Gasteiger partial charge in [0.2, 0.25) is 0 Å². The van der Waals surface area contributed by atoms with Gasteiger partial charge in [0.1, 0.15) is 23.6 Å². The van der Waals surface area contributed by atoms with E-state index in [1.165, 1.54) is 12.8 Å². The highest BCUT2D eigenvalue weighted by Crippen LogP contribution is 2.44. The Bertz CT molecular complexity index is 824. The quantitative estimate of drug-likeness (QED) is 0.421. The Balaban J connectivity index is 1.79. The standard InChI is InChI=1S/C25H34ClNO3/c1-5-7-8-14-29-24-23(28-6-2)21-16-20(12-13-22(21)30-25(24,3)4)27-17-18-10-9-11-19(26)15-18/h9-13,15-16,23-24,27H,5-8,14,17H2,1-4H3. The Hall–Kier alpha value is -1.75. The van der Waals surface area contributed by atoms with Crippen LogP contribution in [0.25, 0.3) is 0 Å². The maximum Gasteiger partial charge on any atom is 0.132 e. The molecule has 2 atom stereocenters. The molecule has 2 aromatic rings. The molecule has 4 nitrogen and oxygen atoms in total. The first-order valence-electron chi connectivity index (χ1n) is 11.0. The molecule has 0 saturated carbocycles. The van der Waals surface area contributed by atoms with Gasteiger partial charge in [-0.2, -0.15) is 0 Å². The second-order valence-corrected chi connectivity index (χ2v) is 8.75. The van der Waals surface area contributed by atoms with E-state index in [-0.39, 0.29) is 12.2 Å². The lowest BCUT2D eigenvalue weighted by Gasteiger charge is -2.44. The summed E-state index contributed by atoms with van der Waals surface area (Å²) < 4.78 is 18.9. The summed E-state index contributed by atoms with van der Waals surface area (Å²) in [7, 11) is 0. The van der Waals surface area contributed by atoms with Gasteiger partial charge in [-0.05, 0) is 63.1 Å². The van der Waals surface area contributed by atoms with Gasteiger partial charge in [0, 0.05) is 36.0 Å². The highest BCUT2D eigenvalue weighted by Gasteiger charge is 2.45. The molecular formula is C25H34ClNO3. The molecule has 1 aliphatic heterocycles. The van der Waals surface area contributed by atoms with Gasteiger partial charge in [-0.3, -0.25) is 0 Å². The van der Waals surface area contributed by atoms with Crippen LogP contribution in [0.3, 0.4) is 0 Å². The molecule has 0 aromatic heterocycles. The van der Waals surface area contributed by atoms with Crippen molar-refractivity contribution in [3.8, 4) is 5.75 Å². The number of ether oxygens (including phenoxy) is 3. The first kappa shape index (κ1) is 22.9. The highest BCUT2D eigenvalue weighted by molar-refractivity contribution is 6.30. The zero-order valence-electron chi connectivity index (χ0n) is 18.5. The summed E-state index contributed by atoms with van der Waals surface area (Å²) in [5.41, 5.74) is 2.73. The van der Waals surface area contributed by atoms with Crippen molar-refractivity contribution < 1.29 is 14.2 Å². The van der Waals surface area contributed by atoms with E-state index < -0.39 is 5.60 Å². The van der Waals surface area contributed by atoms with E-state index in [0.717, 1.165) is 40.6 Å². The van der Waals surface area contributed by atoms with Crippen molar-refractivity contribution in [1.82, 2.24) is 0 Å². The smallest absolute Gasteiger partial charge is 0.132 e. The summed E-state index contributed by atoms with van der Waals surface area (Å²) in [6.45, 7) is 10.4. The number of anilines is 1. The third-order valence-corrected chi connectivity index (χ3v) is 5.66. The van der Waals surface area contributed by atoms with Crippen molar-refractivity contribution in [3.05, 3.63) is 58.6 Å². The van der Waals surface area contributed by atoms with Gasteiger partial charge >= 0.3 is 0 Å². The second kappa shape index (κ2) is 10.5. The monoisotopic (exact) mass is 431 g/mol. The molecule has 5 heteroatoms. The molecule has 164 valence electrons. The number of benzene rings is 2. The van der Waals surface area contributed by atoms with Crippen LogP contribution in [0.4, 0.5) is 5.69 Å². The van der Waals surface area contributed by atoms with E-state index in [9.17, 15) is 0 Å². The molecule has 0 amide bonds. The molecule has 0 bridgehead atoms. The minimum atomic E-state index is -0.464. The Labute approximate surface area is 185 Å². The van der Waals surface area contributed by atoms with Crippen molar-refractivity contribution in [3.63, 3.8) is 0 Å². The first-order chi connectivity index (χ1) is 14.4. The van der Waals surface area contributed by atoms with E-state index in [1.807, 2.05) is 37.3 Å². The molecule has 0 spiro atoms. The fraction of sp³-hybridized carbons (Fsp3) is 0.520. The Morgan fingerprint density at radius 2 is 1.90 bits per heavy atom. The average molecular weight is 432 g/mol. The summed E-state index contributed by atoms with van der Waals surface area (Å²) >= 11 is 6.10. The van der Waals surface area contributed by atoms with Crippen LogP contribution < -0.4 is 10.1 Å². The fourth-order valence-electron chi connectivity index (χ4n) is 3.90. The van der Waals surface area contributed by atoms with Crippen LogP contribution in [0.2, 0.25) is 5.02 Å². The predicted octanol–water partition coefficient (Wildman–Crippen LogP) is 6.78. The molecule has 30 heavy (non-hydrogen) atoms. The molecule has 2 aromatic carbocycles. The van der Waals surface area contributed by atoms with E-state index in [2.05, 4.69) is 38.2 Å². The molecule has 3 rings (SSSR count). The third-order valence-electron chi connectivity index (χ3n) is 5.43. The Morgan fingerprint density at radius 3 is 2.63 bits per heavy atom. The molecule has 0 fully saturated rings. The van der Waals surface area contributed by atoms with Gasteiger partial charge < -0.3 is 19.5 Å². The summed E-state index contributed by atoms with van der Waals surface area (Å²) in [5.74, 6) is 0.861. The topological polar surface area (TPSA) is 39.7 Å². The van der Waals surface area contributed by atoms with E-state index >= 15 is 0 Å².